The average molecular weight is 263 g/mol. The molecule has 1 aliphatic heterocycles. The van der Waals surface area contributed by atoms with E-state index in [0.717, 1.165) is 25.7 Å². The number of hydrogen-bond donors (Lipinski definition) is 0. The molecule has 3 heteroatoms. The van der Waals surface area contributed by atoms with Crippen LogP contribution in [0.3, 0.4) is 0 Å². The lowest BCUT2D eigenvalue weighted by atomic mass is 9.86. The van der Waals surface area contributed by atoms with Crippen LogP contribution >= 0.6 is 0 Å². The number of cyclic esters (lactones) is 1. The largest absolute Gasteiger partial charge is 0.406 e. The van der Waals surface area contributed by atoms with Crippen molar-refractivity contribution < 1.29 is 9.53 Å². The Morgan fingerprint density at radius 3 is 1.84 bits per heavy atom. The summed E-state index contributed by atoms with van der Waals surface area (Å²) in [5.74, 6) is 0.261. The molecule has 0 radical (unpaired) electrons. The van der Waals surface area contributed by atoms with Gasteiger partial charge in [-0.3, -0.25) is 0 Å². The maximum atomic E-state index is 12.2. The molecule has 1 aliphatic carbocycles. The van der Waals surface area contributed by atoms with Crippen LogP contribution in [0, 0.1) is 0 Å². The lowest BCUT2D eigenvalue weighted by Gasteiger charge is -2.22. The van der Waals surface area contributed by atoms with Gasteiger partial charge in [-0.15, -0.1) is 0 Å². The summed E-state index contributed by atoms with van der Waals surface area (Å²) in [5.41, 5.74) is -0.595. The van der Waals surface area contributed by atoms with Gasteiger partial charge in [-0.2, -0.15) is 0 Å². The molecule has 0 amide bonds. The Morgan fingerprint density at radius 2 is 1.42 bits per heavy atom. The van der Waals surface area contributed by atoms with E-state index in [1.54, 1.807) is 6.08 Å². The Morgan fingerprint density at radius 1 is 0.947 bits per heavy atom. The highest BCUT2D eigenvalue weighted by molar-refractivity contribution is 6.04. The summed E-state index contributed by atoms with van der Waals surface area (Å²) in [6.07, 6.45) is 14.4. The zero-order chi connectivity index (χ0) is 13.6. The second-order valence-corrected chi connectivity index (χ2v) is 5.76. The highest BCUT2D eigenvalue weighted by atomic mass is 16.6. The van der Waals surface area contributed by atoms with Gasteiger partial charge >= 0.3 is 5.97 Å². The molecule has 1 saturated carbocycles. The molecule has 106 valence electrons. The van der Waals surface area contributed by atoms with Crippen LogP contribution in [-0.4, -0.2) is 17.4 Å². The van der Waals surface area contributed by atoms with Gasteiger partial charge in [0.05, 0.1) is 0 Å². The van der Waals surface area contributed by atoms with Gasteiger partial charge in [-0.05, 0) is 18.9 Å². The molecule has 0 aromatic rings. The van der Waals surface area contributed by atoms with E-state index in [9.17, 15) is 4.79 Å². The fourth-order valence-corrected chi connectivity index (χ4v) is 3.07. The van der Waals surface area contributed by atoms with E-state index in [1.807, 2.05) is 0 Å². The zero-order valence-corrected chi connectivity index (χ0v) is 11.8. The van der Waals surface area contributed by atoms with Gasteiger partial charge in [0, 0.05) is 0 Å². The quantitative estimate of drug-likeness (QED) is 0.666. The molecule has 3 nitrogen and oxygen atoms in total. The van der Waals surface area contributed by atoms with Crippen molar-refractivity contribution in [2.24, 2.45) is 4.99 Å². The lowest BCUT2D eigenvalue weighted by Crippen LogP contribution is -2.34. The average Bonchev–Trinajstić information content (AvgIpc) is 2.71. The monoisotopic (exact) mass is 263 g/mol. The number of ether oxygens (including phenoxy) is 1. The van der Waals surface area contributed by atoms with E-state index in [-0.39, 0.29) is 5.97 Å². The highest BCUT2D eigenvalue weighted by Gasteiger charge is 2.44. The first kappa shape index (κ1) is 14.3. The molecule has 0 unspecified atom stereocenters. The summed E-state index contributed by atoms with van der Waals surface area (Å²) in [4.78, 5) is 16.7. The Hall–Kier alpha value is -1.12. The number of esters is 1. The number of aliphatic imine (C=N–C) groups is 1. The first-order chi connectivity index (χ1) is 9.27. The van der Waals surface area contributed by atoms with Crippen molar-refractivity contribution in [3.63, 3.8) is 0 Å². The normalized spacial score (nSPS) is 25.1. The third-order valence-electron chi connectivity index (χ3n) is 4.26. The molecule has 2 rings (SSSR count). The van der Waals surface area contributed by atoms with E-state index in [2.05, 4.69) is 11.6 Å². The number of rotatable bonds is 1. The molecule has 0 saturated heterocycles. The van der Waals surface area contributed by atoms with E-state index >= 15 is 0 Å². The van der Waals surface area contributed by atoms with E-state index < -0.39 is 5.54 Å². The van der Waals surface area contributed by atoms with Crippen molar-refractivity contribution >= 4 is 11.9 Å². The molecule has 1 spiro atoms. The van der Waals surface area contributed by atoms with Crippen LogP contribution in [-0.2, 0) is 9.53 Å². The van der Waals surface area contributed by atoms with Crippen LogP contribution in [0.25, 0.3) is 0 Å². The summed E-state index contributed by atoms with van der Waals surface area (Å²) in [6, 6.07) is 0. The molecule has 0 atom stereocenters. The van der Waals surface area contributed by atoms with Crippen LogP contribution in [0.4, 0.5) is 0 Å². The molecule has 0 N–H and O–H groups in total. The molecule has 0 aromatic heterocycles. The summed E-state index contributed by atoms with van der Waals surface area (Å²) in [5, 5.41) is 0. The fourth-order valence-electron chi connectivity index (χ4n) is 3.07. The summed E-state index contributed by atoms with van der Waals surface area (Å²) >= 11 is 0. The van der Waals surface area contributed by atoms with Crippen molar-refractivity contribution in [1.29, 1.82) is 0 Å². The second kappa shape index (κ2) is 6.88. The predicted molar refractivity (Wildman–Crippen MR) is 77.2 cm³/mol. The summed E-state index contributed by atoms with van der Waals surface area (Å²) in [6.45, 7) is 3.65. The zero-order valence-electron chi connectivity index (χ0n) is 11.8. The predicted octanol–water partition coefficient (Wildman–Crippen LogP) is 4.17. The maximum Gasteiger partial charge on any atom is 0.340 e. The third kappa shape index (κ3) is 3.68. The molecule has 0 bridgehead atoms. The van der Waals surface area contributed by atoms with Crippen molar-refractivity contribution in [3.05, 3.63) is 12.7 Å². The SMILES string of the molecule is C=CC1=NC2(CCCCCCCCCCC2)C(=O)O1. The molecule has 19 heavy (non-hydrogen) atoms. The van der Waals surface area contributed by atoms with Crippen molar-refractivity contribution in [2.45, 2.75) is 76.2 Å². The van der Waals surface area contributed by atoms with Crippen LogP contribution in [0.5, 0.6) is 0 Å². The van der Waals surface area contributed by atoms with Crippen molar-refractivity contribution in [3.8, 4) is 0 Å². The molecule has 1 fully saturated rings. The standard InChI is InChI=1S/C16H25NO2/c1-2-14-17-16(15(18)19-14)12-10-8-6-4-3-5-7-9-11-13-16/h2H,1,3-13H2. The third-order valence-corrected chi connectivity index (χ3v) is 4.26. The first-order valence-corrected chi connectivity index (χ1v) is 7.71. The van der Waals surface area contributed by atoms with Gasteiger partial charge in [0.2, 0.25) is 5.90 Å². The van der Waals surface area contributed by atoms with Crippen LogP contribution in [0.2, 0.25) is 0 Å². The van der Waals surface area contributed by atoms with Crippen molar-refractivity contribution in [1.82, 2.24) is 0 Å². The van der Waals surface area contributed by atoms with Gasteiger partial charge in [-0.25, -0.2) is 9.79 Å². The van der Waals surface area contributed by atoms with Crippen LogP contribution < -0.4 is 0 Å². The summed E-state index contributed by atoms with van der Waals surface area (Å²) in [7, 11) is 0. The highest BCUT2D eigenvalue weighted by Crippen LogP contribution is 2.33. The minimum Gasteiger partial charge on any atom is -0.406 e. The van der Waals surface area contributed by atoms with E-state index in [4.69, 9.17) is 4.74 Å². The molecular weight excluding hydrogens is 238 g/mol. The van der Waals surface area contributed by atoms with Gasteiger partial charge in [-0.1, -0.05) is 64.4 Å². The first-order valence-electron chi connectivity index (χ1n) is 7.71. The van der Waals surface area contributed by atoms with Gasteiger partial charge in [0.15, 0.2) is 5.54 Å². The Labute approximate surface area is 116 Å². The molecule has 2 aliphatic rings. The Balaban J connectivity index is 2.03. The van der Waals surface area contributed by atoms with E-state index in [0.29, 0.717) is 5.90 Å². The van der Waals surface area contributed by atoms with E-state index in [1.165, 1.54) is 44.9 Å². The van der Waals surface area contributed by atoms with Gasteiger partial charge in [0.25, 0.3) is 0 Å². The molecular formula is C16H25NO2. The van der Waals surface area contributed by atoms with Gasteiger partial charge in [0.1, 0.15) is 0 Å². The topological polar surface area (TPSA) is 38.7 Å². The molecule has 0 aromatic carbocycles. The van der Waals surface area contributed by atoms with Crippen molar-refractivity contribution in [2.75, 3.05) is 0 Å². The number of nitrogens with zero attached hydrogens (tertiary/aromatic N) is 1. The number of carbonyl (C=O) groups excluding carboxylic acids is 1. The van der Waals surface area contributed by atoms with Gasteiger partial charge < -0.3 is 4.74 Å². The number of hydrogen-bond acceptors (Lipinski definition) is 3. The number of carbonyl (C=O) groups is 1. The summed E-state index contributed by atoms with van der Waals surface area (Å²) < 4.78 is 5.22. The fraction of sp³-hybridized carbons (Fsp3) is 0.750. The van der Waals surface area contributed by atoms with Crippen LogP contribution in [0.15, 0.2) is 17.6 Å². The lowest BCUT2D eigenvalue weighted by molar-refractivity contribution is -0.139. The smallest absolute Gasteiger partial charge is 0.340 e. The Bertz CT molecular complexity index is 348. The molecule has 1 heterocycles. The maximum absolute atomic E-state index is 12.2. The Kier molecular flexibility index (Phi) is 5.17. The second-order valence-electron chi connectivity index (χ2n) is 5.76. The minimum atomic E-state index is -0.595. The minimum absolute atomic E-state index is 0.153. The van der Waals surface area contributed by atoms with Crippen LogP contribution in [0.1, 0.15) is 70.6 Å².